The molecule has 0 saturated carbocycles. The van der Waals surface area contributed by atoms with Crippen LogP contribution in [0, 0.1) is 5.41 Å². The van der Waals surface area contributed by atoms with Crippen molar-refractivity contribution in [1.82, 2.24) is 4.90 Å². The molecule has 1 aliphatic rings. The molecular formula is C11H18N2O3. The summed E-state index contributed by atoms with van der Waals surface area (Å²) in [5.41, 5.74) is 4.68. The first-order valence-electron chi connectivity index (χ1n) is 5.42. The molecule has 5 nitrogen and oxygen atoms in total. The van der Waals surface area contributed by atoms with Crippen LogP contribution < -0.4 is 5.73 Å². The summed E-state index contributed by atoms with van der Waals surface area (Å²) in [6.07, 6.45) is 1.10. The SMILES string of the molecule is CC(=O)CCC(=O)N1CCC(C)(C(N)=O)C1. The summed E-state index contributed by atoms with van der Waals surface area (Å²) in [5, 5.41) is 0. The Morgan fingerprint density at radius 2 is 1.94 bits per heavy atom. The number of Topliss-reactive ketones (excluding diaryl/α,β-unsaturated/α-hetero) is 1. The number of ketones is 1. The lowest BCUT2D eigenvalue weighted by atomic mass is 9.89. The molecular weight excluding hydrogens is 208 g/mol. The van der Waals surface area contributed by atoms with Crippen LogP contribution in [0.3, 0.4) is 0 Å². The fourth-order valence-corrected chi connectivity index (χ4v) is 1.82. The number of nitrogens with zero attached hydrogens (tertiary/aromatic N) is 1. The number of primary amides is 1. The highest BCUT2D eigenvalue weighted by atomic mass is 16.2. The van der Waals surface area contributed by atoms with Gasteiger partial charge in [-0.1, -0.05) is 0 Å². The molecule has 1 fully saturated rings. The molecule has 1 heterocycles. The molecule has 0 aliphatic carbocycles. The van der Waals surface area contributed by atoms with Crippen molar-refractivity contribution in [3.8, 4) is 0 Å². The zero-order valence-electron chi connectivity index (χ0n) is 9.78. The minimum absolute atomic E-state index is 0.00482. The second-order valence-electron chi connectivity index (χ2n) is 4.69. The summed E-state index contributed by atoms with van der Waals surface area (Å²) in [5.74, 6) is -0.431. The van der Waals surface area contributed by atoms with Crippen molar-refractivity contribution in [2.45, 2.75) is 33.1 Å². The van der Waals surface area contributed by atoms with Gasteiger partial charge in [0.15, 0.2) is 0 Å². The van der Waals surface area contributed by atoms with E-state index in [1.807, 2.05) is 0 Å². The molecule has 1 saturated heterocycles. The van der Waals surface area contributed by atoms with Gasteiger partial charge in [-0.2, -0.15) is 0 Å². The Kier molecular flexibility index (Phi) is 3.67. The van der Waals surface area contributed by atoms with Crippen molar-refractivity contribution >= 4 is 17.6 Å². The third-order valence-corrected chi connectivity index (χ3v) is 3.11. The van der Waals surface area contributed by atoms with Gasteiger partial charge in [-0.05, 0) is 20.3 Å². The van der Waals surface area contributed by atoms with E-state index in [4.69, 9.17) is 5.73 Å². The monoisotopic (exact) mass is 226 g/mol. The van der Waals surface area contributed by atoms with Crippen LogP contribution in [0.1, 0.15) is 33.1 Å². The Balaban J connectivity index is 2.50. The third kappa shape index (κ3) is 2.81. The second-order valence-corrected chi connectivity index (χ2v) is 4.69. The molecule has 1 unspecified atom stereocenters. The lowest BCUT2D eigenvalue weighted by Crippen LogP contribution is -2.38. The van der Waals surface area contributed by atoms with Crippen LogP contribution in [0.2, 0.25) is 0 Å². The quantitative estimate of drug-likeness (QED) is 0.737. The number of carbonyl (C=O) groups excluding carboxylic acids is 3. The first kappa shape index (κ1) is 12.7. The molecule has 0 aromatic heterocycles. The number of carbonyl (C=O) groups is 3. The van der Waals surface area contributed by atoms with E-state index in [2.05, 4.69) is 0 Å². The van der Waals surface area contributed by atoms with Crippen LogP contribution in [0.5, 0.6) is 0 Å². The largest absolute Gasteiger partial charge is 0.369 e. The van der Waals surface area contributed by atoms with E-state index in [0.717, 1.165) is 0 Å². The van der Waals surface area contributed by atoms with E-state index < -0.39 is 5.41 Å². The molecule has 2 amide bonds. The van der Waals surface area contributed by atoms with Crippen molar-refractivity contribution in [2.75, 3.05) is 13.1 Å². The predicted molar refractivity (Wildman–Crippen MR) is 58.4 cm³/mol. The zero-order chi connectivity index (χ0) is 12.3. The van der Waals surface area contributed by atoms with E-state index in [1.165, 1.54) is 6.92 Å². The van der Waals surface area contributed by atoms with Crippen molar-refractivity contribution in [3.63, 3.8) is 0 Å². The lowest BCUT2D eigenvalue weighted by molar-refractivity contribution is -0.133. The van der Waals surface area contributed by atoms with E-state index in [1.54, 1.807) is 11.8 Å². The van der Waals surface area contributed by atoms with Gasteiger partial charge in [0.2, 0.25) is 11.8 Å². The summed E-state index contributed by atoms with van der Waals surface area (Å²) >= 11 is 0. The van der Waals surface area contributed by atoms with Crippen molar-refractivity contribution in [1.29, 1.82) is 0 Å². The van der Waals surface area contributed by atoms with Gasteiger partial charge in [0.25, 0.3) is 0 Å². The van der Waals surface area contributed by atoms with Gasteiger partial charge in [-0.3, -0.25) is 9.59 Å². The number of nitrogens with two attached hydrogens (primary N) is 1. The Hall–Kier alpha value is -1.39. The average Bonchev–Trinajstić information content (AvgIpc) is 2.59. The van der Waals surface area contributed by atoms with Crippen LogP contribution in [0.25, 0.3) is 0 Å². The molecule has 0 bridgehead atoms. The van der Waals surface area contributed by atoms with E-state index in [9.17, 15) is 14.4 Å². The highest BCUT2D eigenvalue weighted by molar-refractivity contribution is 5.86. The number of likely N-dealkylation sites (tertiary alicyclic amines) is 1. The number of hydrogen-bond acceptors (Lipinski definition) is 3. The summed E-state index contributed by atoms with van der Waals surface area (Å²) in [7, 11) is 0. The second kappa shape index (κ2) is 4.63. The Labute approximate surface area is 95.0 Å². The molecule has 1 rings (SSSR count). The minimum Gasteiger partial charge on any atom is -0.369 e. The van der Waals surface area contributed by atoms with E-state index in [0.29, 0.717) is 19.5 Å². The highest BCUT2D eigenvalue weighted by Gasteiger charge is 2.40. The average molecular weight is 226 g/mol. The van der Waals surface area contributed by atoms with Crippen LogP contribution in [-0.4, -0.2) is 35.6 Å². The molecule has 0 radical (unpaired) electrons. The molecule has 0 aromatic carbocycles. The first-order chi connectivity index (χ1) is 7.35. The van der Waals surface area contributed by atoms with Gasteiger partial charge < -0.3 is 15.4 Å². The van der Waals surface area contributed by atoms with Gasteiger partial charge >= 0.3 is 0 Å². The van der Waals surface area contributed by atoms with Gasteiger partial charge in [0.1, 0.15) is 5.78 Å². The van der Waals surface area contributed by atoms with E-state index in [-0.39, 0.29) is 30.4 Å². The molecule has 16 heavy (non-hydrogen) atoms. The molecule has 1 aliphatic heterocycles. The fraction of sp³-hybridized carbons (Fsp3) is 0.727. The highest BCUT2D eigenvalue weighted by Crippen LogP contribution is 2.29. The van der Waals surface area contributed by atoms with Crippen LogP contribution >= 0.6 is 0 Å². The number of rotatable bonds is 4. The molecule has 2 N–H and O–H groups in total. The lowest BCUT2D eigenvalue weighted by Gasteiger charge is -2.20. The first-order valence-corrected chi connectivity index (χ1v) is 5.42. The van der Waals surface area contributed by atoms with Crippen LogP contribution in [0.15, 0.2) is 0 Å². The summed E-state index contributed by atoms with van der Waals surface area (Å²) in [6, 6.07) is 0. The van der Waals surface area contributed by atoms with Crippen molar-refractivity contribution in [2.24, 2.45) is 11.1 Å². The minimum atomic E-state index is -0.605. The van der Waals surface area contributed by atoms with Crippen molar-refractivity contribution in [3.05, 3.63) is 0 Å². The standard InChI is InChI=1S/C11H18N2O3/c1-8(14)3-4-9(15)13-6-5-11(2,7-13)10(12)16/h3-7H2,1-2H3,(H2,12,16). The molecule has 0 spiro atoms. The normalized spacial score (nSPS) is 24.5. The number of hydrogen-bond donors (Lipinski definition) is 1. The maximum absolute atomic E-state index is 11.7. The smallest absolute Gasteiger partial charge is 0.225 e. The van der Waals surface area contributed by atoms with Gasteiger partial charge in [-0.15, -0.1) is 0 Å². The Morgan fingerprint density at radius 3 is 2.38 bits per heavy atom. The molecule has 90 valence electrons. The fourth-order valence-electron chi connectivity index (χ4n) is 1.82. The summed E-state index contributed by atoms with van der Waals surface area (Å²) < 4.78 is 0. The Bertz CT molecular complexity index is 327. The van der Waals surface area contributed by atoms with Crippen LogP contribution in [0.4, 0.5) is 0 Å². The number of amides is 2. The third-order valence-electron chi connectivity index (χ3n) is 3.11. The predicted octanol–water partition coefficient (Wildman–Crippen LogP) is 0.0795. The summed E-state index contributed by atoms with van der Waals surface area (Å²) in [4.78, 5) is 35.2. The summed E-state index contributed by atoms with van der Waals surface area (Å²) in [6.45, 7) is 4.16. The zero-order valence-corrected chi connectivity index (χ0v) is 9.78. The maximum atomic E-state index is 11.7. The molecule has 1 atom stereocenters. The molecule has 0 aromatic rings. The van der Waals surface area contributed by atoms with Gasteiger partial charge in [-0.25, -0.2) is 0 Å². The van der Waals surface area contributed by atoms with E-state index >= 15 is 0 Å². The topological polar surface area (TPSA) is 80.5 Å². The van der Waals surface area contributed by atoms with Gasteiger partial charge in [0.05, 0.1) is 5.41 Å². The van der Waals surface area contributed by atoms with Crippen molar-refractivity contribution < 1.29 is 14.4 Å². The van der Waals surface area contributed by atoms with Gasteiger partial charge in [0, 0.05) is 25.9 Å². The Morgan fingerprint density at radius 1 is 1.31 bits per heavy atom. The molecule has 5 heteroatoms. The van der Waals surface area contributed by atoms with Crippen LogP contribution in [-0.2, 0) is 14.4 Å². The maximum Gasteiger partial charge on any atom is 0.225 e.